The minimum atomic E-state index is -0.340. The first-order valence-electron chi connectivity index (χ1n) is 7.11. The van der Waals surface area contributed by atoms with Crippen molar-refractivity contribution in [2.45, 2.75) is 0 Å². The first-order chi connectivity index (χ1) is 12.1. The molecule has 0 aliphatic rings. The van der Waals surface area contributed by atoms with Gasteiger partial charge in [-0.15, -0.1) is 10.2 Å². The Morgan fingerprint density at radius 2 is 1.92 bits per heavy atom. The second kappa shape index (κ2) is 7.73. The van der Waals surface area contributed by atoms with Gasteiger partial charge in [0.2, 0.25) is 12.3 Å². The predicted octanol–water partition coefficient (Wildman–Crippen LogP) is 3.02. The monoisotopic (exact) mass is 373 g/mol. The highest BCUT2D eigenvalue weighted by Gasteiger charge is 2.08. The summed E-state index contributed by atoms with van der Waals surface area (Å²) in [5.74, 6) is 0.0457. The number of halogens is 1. The summed E-state index contributed by atoms with van der Waals surface area (Å²) in [5, 5.41) is 11.1. The topological polar surface area (TPSA) is 92.1 Å². The molecule has 1 aromatic heterocycles. The lowest BCUT2D eigenvalue weighted by molar-refractivity contribution is 0.0944. The molecule has 1 amide bonds. The number of carbonyl (C=O) groups is 1. The van der Waals surface area contributed by atoms with Gasteiger partial charge < -0.3 is 9.73 Å². The number of hydrogen-bond donors (Lipinski definition) is 3. The summed E-state index contributed by atoms with van der Waals surface area (Å²) in [6.07, 6.45) is 1.24. The van der Waals surface area contributed by atoms with Crippen molar-refractivity contribution in [3.63, 3.8) is 0 Å². The lowest BCUT2D eigenvalue weighted by atomic mass is 10.1. The van der Waals surface area contributed by atoms with E-state index in [1.165, 1.54) is 6.39 Å². The highest BCUT2D eigenvalue weighted by molar-refractivity contribution is 7.80. The Bertz CT molecular complexity index is 884. The molecule has 3 rings (SSSR count). The number of hydrogen-bond acceptors (Lipinski definition) is 5. The van der Waals surface area contributed by atoms with Gasteiger partial charge in [-0.05, 0) is 54.7 Å². The van der Waals surface area contributed by atoms with Gasteiger partial charge in [0, 0.05) is 21.8 Å². The summed E-state index contributed by atoms with van der Waals surface area (Å²) in [6, 6.07) is 13.8. The molecule has 0 radical (unpaired) electrons. The van der Waals surface area contributed by atoms with Gasteiger partial charge in [-0.3, -0.25) is 15.6 Å². The van der Waals surface area contributed by atoms with Crippen LogP contribution in [-0.2, 0) is 0 Å². The molecule has 0 saturated carbocycles. The van der Waals surface area contributed by atoms with Crippen molar-refractivity contribution in [1.82, 2.24) is 21.0 Å². The van der Waals surface area contributed by atoms with Gasteiger partial charge in [0.25, 0.3) is 5.91 Å². The van der Waals surface area contributed by atoms with Crippen LogP contribution in [0.5, 0.6) is 0 Å². The van der Waals surface area contributed by atoms with Crippen molar-refractivity contribution in [3.8, 4) is 11.5 Å². The van der Waals surface area contributed by atoms with Crippen LogP contribution < -0.4 is 16.2 Å². The first kappa shape index (κ1) is 16.9. The number of rotatable bonds is 3. The summed E-state index contributed by atoms with van der Waals surface area (Å²) in [4.78, 5) is 12.1. The van der Waals surface area contributed by atoms with Crippen LogP contribution >= 0.6 is 23.8 Å². The fourth-order valence-electron chi connectivity index (χ4n) is 1.98. The Morgan fingerprint density at radius 3 is 2.60 bits per heavy atom. The summed E-state index contributed by atoms with van der Waals surface area (Å²) in [6.45, 7) is 0. The SMILES string of the molecule is O=C(NNC(=S)Nc1cccc(Cl)c1)c1ccc(-c2nnco2)cc1. The zero-order valence-corrected chi connectivity index (χ0v) is 14.3. The summed E-state index contributed by atoms with van der Waals surface area (Å²) < 4.78 is 5.09. The Labute approximate surface area is 153 Å². The van der Waals surface area contributed by atoms with Gasteiger partial charge in [-0.2, -0.15) is 0 Å². The fourth-order valence-corrected chi connectivity index (χ4v) is 2.34. The van der Waals surface area contributed by atoms with Crippen LogP contribution in [0.2, 0.25) is 5.02 Å². The van der Waals surface area contributed by atoms with Crippen molar-refractivity contribution < 1.29 is 9.21 Å². The van der Waals surface area contributed by atoms with Crippen LogP contribution in [0.15, 0.2) is 59.3 Å². The van der Waals surface area contributed by atoms with Gasteiger partial charge in [0.05, 0.1) is 0 Å². The molecule has 25 heavy (non-hydrogen) atoms. The third-order valence-electron chi connectivity index (χ3n) is 3.13. The van der Waals surface area contributed by atoms with Crippen LogP contribution in [0.25, 0.3) is 11.5 Å². The molecule has 126 valence electrons. The van der Waals surface area contributed by atoms with Gasteiger partial charge in [-0.1, -0.05) is 17.7 Å². The number of amides is 1. The highest BCUT2D eigenvalue weighted by atomic mass is 35.5. The van der Waals surface area contributed by atoms with E-state index in [-0.39, 0.29) is 11.0 Å². The van der Waals surface area contributed by atoms with E-state index in [1.54, 1.807) is 48.5 Å². The predicted molar refractivity (Wildman–Crippen MR) is 98.0 cm³/mol. The van der Waals surface area contributed by atoms with E-state index in [1.807, 2.05) is 0 Å². The van der Waals surface area contributed by atoms with Crippen LogP contribution in [0.3, 0.4) is 0 Å². The van der Waals surface area contributed by atoms with E-state index in [4.69, 9.17) is 28.2 Å². The van der Waals surface area contributed by atoms with E-state index in [0.717, 1.165) is 5.56 Å². The molecule has 0 spiro atoms. The molecule has 0 bridgehead atoms. The Kier molecular flexibility index (Phi) is 5.22. The number of thiocarbonyl (C=S) groups is 1. The zero-order chi connectivity index (χ0) is 17.6. The number of benzene rings is 2. The molecular weight excluding hydrogens is 362 g/mol. The number of anilines is 1. The summed E-state index contributed by atoms with van der Waals surface area (Å²) in [5.41, 5.74) is 7.02. The van der Waals surface area contributed by atoms with Gasteiger partial charge in [0.15, 0.2) is 5.11 Å². The van der Waals surface area contributed by atoms with Crippen molar-refractivity contribution >= 4 is 40.5 Å². The molecule has 3 aromatic rings. The molecule has 1 heterocycles. The lowest BCUT2D eigenvalue weighted by Crippen LogP contribution is -2.43. The molecular formula is C16H12ClN5O2S. The molecule has 0 unspecified atom stereocenters. The third kappa shape index (κ3) is 4.52. The molecule has 0 atom stereocenters. The Hall–Kier alpha value is -2.97. The van der Waals surface area contributed by atoms with E-state index in [2.05, 4.69) is 26.4 Å². The average molecular weight is 374 g/mol. The first-order valence-corrected chi connectivity index (χ1v) is 7.90. The van der Waals surface area contributed by atoms with Gasteiger partial charge >= 0.3 is 0 Å². The molecule has 9 heteroatoms. The molecule has 2 aromatic carbocycles. The number of carbonyl (C=O) groups excluding carboxylic acids is 1. The van der Waals surface area contributed by atoms with Crippen LogP contribution in [0.4, 0.5) is 5.69 Å². The number of hydrazine groups is 1. The quantitative estimate of drug-likeness (QED) is 0.480. The minimum Gasteiger partial charge on any atom is -0.423 e. The highest BCUT2D eigenvalue weighted by Crippen LogP contribution is 2.16. The van der Waals surface area contributed by atoms with Gasteiger partial charge in [0.1, 0.15) is 0 Å². The molecule has 0 aliphatic heterocycles. The smallest absolute Gasteiger partial charge is 0.269 e. The summed E-state index contributed by atoms with van der Waals surface area (Å²) in [7, 11) is 0. The Morgan fingerprint density at radius 1 is 1.12 bits per heavy atom. The van der Waals surface area contributed by atoms with Crippen molar-refractivity contribution in [2.75, 3.05) is 5.32 Å². The van der Waals surface area contributed by atoms with E-state index < -0.39 is 0 Å². The molecule has 0 fully saturated rings. The zero-order valence-electron chi connectivity index (χ0n) is 12.7. The second-order valence-electron chi connectivity index (χ2n) is 4.86. The maximum atomic E-state index is 12.1. The third-order valence-corrected chi connectivity index (χ3v) is 3.57. The standard InChI is InChI=1S/C16H12ClN5O2S/c17-12-2-1-3-13(8-12)19-16(25)22-20-14(23)10-4-6-11(7-5-10)15-21-18-9-24-15/h1-9H,(H,20,23)(H2,19,22,25). The average Bonchev–Trinajstić information content (AvgIpc) is 3.14. The normalized spacial score (nSPS) is 10.1. The van der Waals surface area contributed by atoms with Crippen molar-refractivity contribution in [3.05, 3.63) is 65.5 Å². The largest absolute Gasteiger partial charge is 0.423 e. The maximum Gasteiger partial charge on any atom is 0.269 e. The maximum absolute atomic E-state index is 12.1. The minimum absolute atomic E-state index is 0.234. The molecule has 0 aliphatic carbocycles. The molecule has 7 nitrogen and oxygen atoms in total. The van der Waals surface area contributed by atoms with Crippen LogP contribution in [0, 0.1) is 0 Å². The fraction of sp³-hybridized carbons (Fsp3) is 0. The van der Waals surface area contributed by atoms with Crippen LogP contribution in [0.1, 0.15) is 10.4 Å². The number of aromatic nitrogens is 2. The van der Waals surface area contributed by atoms with Gasteiger partial charge in [-0.25, -0.2) is 0 Å². The summed E-state index contributed by atoms with van der Waals surface area (Å²) >= 11 is 11.0. The van der Waals surface area contributed by atoms with Crippen LogP contribution in [-0.4, -0.2) is 21.2 Å². The molecule has 3 N–H and O–H groups in total. The van der Waals surface area contributed by atoms with E-state index >= 15 is 0 Å². The second-order valence-corrected chi connectivity index (χ2v) is 5.71. The number of nitrogens with zero attached hydrogens (tertiary/aromatic N) is 2. The van der Waals surface area contributed by atoms with E-state index in [9.17, 15) is 4.79 Å². The van der Waals surface area contributed by atoms with Crippen molar-refractivity contribution in [2.24, 2.45) is 0 Å². The van der Waals surface area contributed by atoms with Crippen molar-refractivity contribution in [1.29, 1.82) is 0 Å². The lowest BCUT2D eigenvalue weighted by Gasteiger charge is -2.12. The molecule has 0 saturated heterocycles. The van der Waals surface area contributed by atoms with E-state index in [0.29, 0.717) is 22.2 Å². The number of nitrogens with one attached hydrogen (secondary N) is 3. The Balaban J connectivity index is 1.54.